The van der Waals surface area contributed by atoms with Crippen LogP contribution in [-0.4, -0.2) is 9.13 Å². The van der Waals surface area contributed by atoms with Gasteiger partial charge < -0.3 is 0 Å². The molecule has 0 radical (unpaired) electrons. The smallest absolute Gasteiger partial charge is 0.292 e. The molecular formula is C12H6BrF5N2O2. The van der Waals surface area contributed by atoms with E-state index in [0.717, 1.165) is 7.05 Å². The molecule has 10 heteroatoms. The average Bonchev–Trinajstić information content (AvgIpc) is 2.39. The van der Waals surface area contributed by atoms with E-state index in [0.29, 0.717) is 12.1 Å². The van der Waals surface area contributed by atoms with Gasteiger partial charge in [0.25, 0.3) is 5.56 Å². The zero-order valence-electron chi connectivity index (χ0n) is 10.7. The summed E-state index contributed by atoms with van der Waals surface area (Å²) in [5, 5.41) is 0. The van der Waals surface area contributed by atoms with Gasteiger partial charge in [-0.2, -0.15) is 13.2 Å². The number of benzene rings is 1. The van der Waals surface area contributed by atoms with Crippen molar-refractivity contribution in [2.24, 2.45) is 7.05 Å². The monoisotopic (exact) mass is 384 g/mol. The third kappa shape index (κ3) is 2.70. The maximum Gasteiger partial charge on any atom is 0.431 e. The molecular weight excluding hydrogens is 379 g/mol. The Balaban J connectivity index is 2.82. The maximum absolute atomic E-state index is 13.5. The Morgan fingerprint density at radius 3 is 2.00 bits per heavy atom. The van der Waals surface area contributed by atoms with Crippen molar-refractivity contribution in [2.45, 2.75) is 6.18 Å². The topological polar surface area (TPSA) is 44.0 Å². The van der Waals surface area contributed by atoms with Crippen LogP contribution in [0.1, 0.15) is 5.69 Å². The molecule has 0 atom stereocenters. The summed E-state index contributed by atoms with van der Waals surface area (Å²) in [6, 6.07) is 1.49. The predicted octanol–water partition coefficient (Wildman–Crippen LogP) is 2.60. The predicted molar refractivity (Wildman–Crippen MR) is 69.9 cm³/mol. The number of rotatable bonds is 1. The highest BCUT2D eigenvalue weighted by Gasteiger charge is 2.35. The SMILES string of the molecule is Cn1c(C(F)(F)F)cc(=O)n(-c2cc(F)c(Br)c(F)c2)c1=O. The van der Waals surface area contributed by atoms with E-state index in [4.69, 9.17) is 0 Å². The van der Waals surface area contributed by atoms with Gasteiger partial charge in [-0.15, -0.1) is 0 Å². The van der Waals surface area contributed by atoms with Crippen LogP contribution in [0.3, 0.4) is 0 Å². The number of hydrogen-bond acceptors (Lipinski definition) is 2. The maximum atomic E-state index is 13.5. The van der Waals surface area contributed by atoms with Crippen LogP contribution in [0.25, 0.3) is 5.69 Å². The molecule has 0 N–H and O–H groups in total. The minimum Gasteiger partial charge on any atom is -0.292 e. The molecule has 0 aliphatic rings. The summed E-state index contributed by atoms with van der Waals surface area (Å²) in [5.41, 5.74) is -4.70. The first-order chi connectivity index (χ1) is 10.0. The standard InChI is InChI=1S/C12H6BrF5N2O2/c1-19-8(12(16,17)18)4-9(21)20(11(19)22)5-2-6(14)10(13)7(15)3-5/h2-4H,1H3. The number of nitrogens with zero attached hydrogens (tertiary/aromatic N) is 2. The molecule has 0 bridgehead atoms. The molecule has 118 valence electrons. The number of aromatic nitrogens is 2. The zero-order valence-corrected chi connectivity index (χ0v) is 12.3. The first kappa shape index (κ1) is 16.4. The highest BCUT2D eigenvalue weighted by molar-refractivity contribution is 9.10. The van der Waals surface area contributed by atoms with Gasteiger partial charge in [0.15, 0.2) is 0 Å². The van der Waals surface area contributed by atoms with Gasteiger partial charge in [-0.05, 0) is 28.1 Å². The molecule has 0 unspecified atom stereocenters. The minimum atomic E-state index is -4.91. The Morgan fingerprint density at radius 2 is 1.55 bits per heavy atom. The van der Waals surface area contributed by atoms with E-state index < -0.39 is 44.9 Å². The highest BCUT2D eigenvalue weighted by Crippen LogP contribution is 2.27. The normalized spacial score (nSPS) is 11.8. The van der Waals surface area contributed by atoms with Gasteiger partial charge in [-0.3, -0.25) is 9.36 Å². The lowest BCUT2D eigenvalue weighted by atomic mass is 10.3. The molecule has 1 aromatic carbocycles. The molecule has 0 fully saturated rings. The van der Waals surface area contributed by atoms with E-state index >= 15 is 0 Å². The fourth-order valence-electron chi connectivity index (χ4n) is 1.81. The molecule has 0 saturated carbocycles. The first-order valence-electron chi connectivity index (χ1n) is 5.59. The fraction of sp³-hybridized carbons (Fsp3) is 0.167. The van der Waals surface area contributed by atoms with E-state index in [1.165, 1.54) is 0 Å². The van der Waals surface area contributed by atoms with Gasteiger partial charge in [0.2, 0.25) is 0 Å². The average molecular weight is 385 g/mol. The molecule has 4 nitrogen and oxygen atoms in total. The number of alkyl halides is 3. The Kier molecular flexibility index (Phi) is 3.98. The lowest BCUT2D eigenvalue weighted by Crippen LogP contribution is -2.40. The number of hydrogen-bond donors (Lipinski definition) is 0. The molecule has 0 amide bonds. The molecule has 22 heavy (non-hydrogen) atoms. The molecule has 2 rings (SSSR count). The van der Waals surface area contributed by atoms with Crippen LogP contribution in [0.4, 0.5) is 22.0 Å². The van der Waals surface area contributed by atoms with E-state index in [-0.39, 0.29) is 15.2 Å². The van der Waals surface area contributed by atoms with Crippen molar-refractivity contribution in [1.82, 2.24) is 9.13 Å². The summed E-state index contributed by atoms with van der Waals surface area (Å²) in [6.07, 6.45) is -4.91. The summed E-state index contributed by atoms with van der Waals surface area (Å²) in [4.78, 5) is 23.7. The largest absolute Gasteiger partial charge is 0.431 e. The van der Waals surface area contributed by atoms with E-state index in [9.17, 15) is 31.5 Å². The molecule has 1 heterocycles. The Morgan fingerprint density at radius 1 is 1.05 bits per heavy atom. The molecule has 0 aliphatic carbocycles. The third-order valence-corrected chi connectivity index (χ3v) is 3.59. The van der Waals surface area contributed by atoms with Gasteiger partial charge >= 0.3 is 11.9 Å². The number of halogens is 6. The summed E-state index contributed by atoms with van der Waals surface area (Å²) < 4.78 is 64.9. The van der Waals surface area contributed by atoms with E-state index in [1.807, 2.05) is 0 Å². The van der Waals surface area contributed by atoms with Crippen molar-refractivity contribution in [1.29, 1.82) is 0 Å². The summed E-state index contributed by atoms with van der Waals surface area (Å²) in [7, 11) is 0.798. The molecule has 1 aromatic heterocycles. The minimum absolute atomic E-state index is 0.180. The summed E-state index contributed by atoms with van der Waals surface area (Å²) in [5.74, 6) is -2.22. The van der Waals surface area contributed by atoms with Crippen LogP contribution >= 0.6 is 15.9 Å². The Hall–Kier alpha value is -1.97. The van der Waals surface area contributed by atoms with Gasteiger partial charge in [-0.25, -0.2) is 18.1 Å². The van der Waals surface area contributed by atoms with Crippen LogP contribution in [-0.2, 0) is 13.2 Å². The van der Waals surface area contributed by atoms with Crippen LogP contribution in [0.15, 0.2) is 32.3 Å². The Labute approximate surface area is 127 Å². The molecule has 0 aliphatic heterocycles. The molecule has 0 saturated heterocycles. The molecule has 2 aromatic rings. The van der Waals surface area contributed by atoms with Gasteiger partial charge in [0.1, 0.15) is 17.3 Å². The highest BCUT2D eigenvalue weighted by atomic mass is 79.9. The van der Waals surface area contributed by atoms with Gasteiger partial charge in [-0.1, -0.05) is 0 Å². The van der Waals surface area contributed by atoms with E-state index in [2.05, 4.69) is 15.9 Å². The van der Waals surface area contributed by atoms with E-state index in [1.54, 1.807) is 0 Å². The van der Waals surface area contributed by atoms with Crippen molar-refractivity contribution >= 4 is 15.9 Å². The van der Waals surface area contributed by atoms with Crippen LogP contribution in [0.5, 0.6) is 0 Å². The summed E-state index contributed by atoms with van der Waals surface area (Å²) in [6.45, 7) is 0. The lowest BCUT2D eigenvalue weighted by Gasteiger charge is -2.14. The first-order valence-corrected chi connectivity index (χ1v) is 6.38. The second-order valence-corrected chi connectivity index (χ2v) is 5.06. The third-order valence-electron chi connectivity index (χ3n) is 2.84. The van der Waals surface area contributed by atoms with Crippen molar-refractivity contribution in [3.63, 3.8) is 0 Å². The van der Waals surface area contributed by atoms with Crippen molar-refractivity contribution in [3.05, 3.63) is 60.8 Å². The van der Waals surface area contributed by atoms with Crippen LogP contribution in [0, 0.1) is 11.6 Å². The second-order valence-electron chi connectivity index (χ2n) is 4.27. The lowest BCUT2D eigenvalue weighted by molar-refractivity contribution is -0.144. The van der Waals surface area contributed by atoms with Crippen LogP contribution in [0.2, 0.25) is 0 Å². The quantitative estimate of drug-likeness (QED) is 0.560. The van der Waals surface area contributed by atoms with Crippen molar-refractivity contribution in [3.8, 4) is 5.69 Å². The van der Waals surface area contributed by atoms with Gasteiger partial charge in [0, 0.05) is 13.1 Å². The van der Waals surface area contributed by atoms with Gasteiger partial charge in [0.05, 0.1) is 10.2 Å². The second kappa shape index (κ2) is 5.34. The zero-order chi connectivity index (χ0) is 16.8. The fourth-order valence-corrected chi connectivity index (χ4v) is 2.04. The molecule has 0 spiro atoms. The van der Waals surface area contributed by atoms with Crippen molar-refractivity contribution in [2.75, 3.05) is 0 Å². The summed E-state index contributed by atoms with van der Waals surface area (Å²) >= 11 is 2.61. The van der Waals surface area contributed by atoms with Crippen LogP contribution < -0.4 is 11.2 Å². The van der Waals surface area contributed by atoms with Crippen molar-refractivity contribution < 1.29 is 22.0 Å². The Bertz CT molecular complexity index is 846.